The molecule has 4 heteroatoms. The number of methoxy groups -OCH3 is 1. The highest BCUT2D eigenvalue weighted by Crippen LogP contribution is 2.22. The number of rotatable bonds is 3. The van der Waals surface area contributed by atoms with Gasteiger partial charge in [-0.25, -0.2) is 0 Å². The molecule has 1 aliphatic rings. The molecular weight excluding hydrogens is 276 g/mol. The molecule has 3 rings (SSSR count). The molecule has 112 valence electrons. The van der Waals surface area contributed by atoms with E-state index < -0.39 is 0 Å². The lowest BCUT2D eigenvalue weighted by Gasteiger charge is -2.26. The van der Waals surface area contributed by atoms with Crippen LogP contribution in [0.5, 0.6) is 11.5 Å². The van der Waals surface area contributed by atoms with Gasteiger partial charge in [0.1, 0.15) is 18.2 Å². The molecule has 22 heavy (non-hydrogen) atoms. The molecule has 2 aromatic carbocycles. The van der Waals surface area contributed by atoms with E-state index in [1.807, 2.05) is 42.6 Å². The number of phenols is 1. The lowest BCUT2D eigenvalue weighted by molar-refractivity contribution is 0.415. The Morgan fingerprint density at radius 1 is 1.09 bits per heavy atom. The normalized spacial score (nSPS) is 16.0. The number of benzene rings is 2. The van der Waals surface area contributed by atoms with E-state index in [-0.39, 0.29) is 5.75 Å². The van der Waals surface area contributed by atoms with Crippen molar-refractivity contribution in [3.05, 3.63) is 59.7 Å². The standard InChI is InChI=1S/C18H18N2O2/c1-22-18-8-4-16(5-9-18)20-12-15(11-19-13-20)10-14-2-6-17(21)7-3-14/h2-11,21H,12-13H2,1H3/b15-10+. The topological polar surface area (TPSA) is 45.1 Å². The minimum Gasteiger partial charge on any atom is -0.508 e. The van der Waals surface area contributed by atoms with Crippen molar-refractivity contribution in [1.29, 1.82) is 0 Å². The van der Waals surface area contributed by atoms with E-state index in [4.69, 9.17) is 4.74 Å². The smallest absolute Gasteiger partial charge is 0.119 e. The van der Waals surface area contributed by atoms with E-state index in [2.05, 4.69) is 16.0 Å². The third-order valence-electron chi connectivity index (χ3n) is 3.57. The lowest BCUT2D eigenvalue weighted by atomic mass is 10.1. The maximum atomic E-state index is 9.33. The molecule has 0 spiro atoms. The summed E-state index contributed by atoms with van der Waals surface area (Å²) in [7, 11) is 1.67. The fraction of sp³-hybridized carbons (Fsp3) is 0.167. The zero-order valence-corrected chi connectivity index (χ0v) is 12.4. The van der Waals surface area contributed by atoms with Crippen LogP contribution in [0.2, 0.25) is 0 Å². The summed E-state index contributed by atoms with van der Waals surface area (Å²) < 4.78 is 5.19. The van der Waals surface area contributed by atoms with Gasteiger partial charge in [-0.1, -0.05) is 12.1 Å². The number of anilines is 1. The van der Waals surface area contributed by atoms with E-state index in [1.54, 1.807) is 19.2 Å². The average Bonchev–Trinajstić information content (AvgIpc) is 2.57. The van der Waals surface area contributed by atoms with Crippen molar-refractivity contribution in [2.45, 2.75) is 0 Å². The van der Waals surface area contributed by atoms with Crippen LogP contribution in [0.3, 0.4) is 0 Å². The van der Waals surface area contributed by atoms with Crippen molar-refractivity contribution in [2.24, 2.45) is 4.99 Å². The van der Waals surface area contributed by atoms with Crippen LogP contribution in [0, 0.1) is 0 Å². The van der Waals surface area contributed by atoms with E-state index in [9.17, 15) is 5.11 Å². The average molecular weight is 294 g/mol. The number of aromatic hydroxyl groups is 1. The molecular formula is C18H18N2O2. The Labute approximate surface area is 130 Å². The van der Waals surface area contributed by atoms with E-state index >= 15 is 0 Å². The maximum absolute atomic E-state index is 9.33. The van der Waals surface area contributed by atoms with Gasteiger partial charge in [-0.15, -0.1) is 0 Å². The molecule has 1 heterocycles. The van der Waals surface area contributed by atoms with Gasteiger partial charge in [0.15, 0.2) is 0 Å². The summed E-state index contributed by atoms with van der Waals surface area (Å²) in [5, 5.41) is 9.33. The monoisotopic (exact) mass is 294 g/mol. The first-order valence-corrected chi connectivity index (χ1v) is 7.13. The SMILES string of the molecule is COc1ccc(N2CN=C/C(=C\c3ccc(O)cc3)C2)cc1. The molecule has 0 bridgehead atoms. The van der Waals surface area contributed by atoms with Crippen molar-refractivity contribution in [3.8, 4) is 11.5 Å². The number of hydrogen-bond acceptors (Lipinski definition) is 4. The summed E-state index contributed by atoms with van der Waals surface area (Å²) in [6, 6.07) is 15.1. The fourth-order valence-electron chi connectivity index (χ4n) is 2.40. The number of aliphatic imine (C=N–C) groups is 1. The highest BCUT2D eigenvalue weighted by molar-refractivity contribution is 5.88. The highest BCUT2D eigenvalue weighted by atomic mass is 16.5. The molecule has 0 atom stereocenters. The molecule has 1 N–H and O–H groups in total. The van der Waals surface area contributed by atoms with Crippen LogP contribution in [-0.4, -0.2) is 31.6 Å². The lowest BCUT2D eigenvalue weighted by Crippen LogP contribution is -2.29. The molecule has 0 aromatic heterocycles. The summed E-state index contributed by atoms with van der Waals surface area (Å²) in [4.78, 5) is 6.62. The first-order valence-electron chi connectivity index (χ1n) is 7.13. The molecule has 0 saturated carbocycles. The van der Waals surface area contributed by atoms with Crippen LogP contribution in [0.15, 0.2) is 59.1 Å². The first-order chi connectivity index (χ1) is 10.7. The molecule has 0 radical (unpaired) electrons. The van der Waals surface area contributed by atoms with Gasteiger partial charge >= 0.3 is 0 Å². The molecule has 0 unspecified atom stereocenters. The van der Waals surface area contributed by atoms with Crippen LogP contribution in [0.25, 0.3) is 6.08 Å². The summed E-state index contributed by atoms with van der Waals surface area (Å²) in [6.07, 6.45) is 3.99. The molecule has 1 aliphatic heterocycles. The number of ether oxygens (including phenoxy) is 1. The van der Waals surface area contributed by atoms with E-state index in [0.29, 0.717) is 6.67 Å². The predicted octanol–water partition coefficient (Wildman–Crippen LogP) is 3.33. The maximum Gasteiger partial charge on any atom is 0.119 e. The fourth-order valence-corrected chi connectivity index (χ4v) is 2.40. The Morgan fingerprint density at radius 2 is 1.82 bits per heavy atom. The second-order valence-electron chi connectivity index (χ2n) is 5.16. The zero-order valence-electron chi connectivity index (χ0n) is 12.4. The van der Waals surface area contributed by atoms with Crippen molar-refractivity contribution in [3.63, 3.8) is 0 Å². The first kappa shape index (κ1) is 14.2. The molecule has 0 fully saturated rings. The molecule has 0 amide bonds. The second-order valence-corrected chi connectivity index (χ2v) is 5.16. The molecule has 2 aromatic rings. The predicted molar refractivity (Wildman–Crippen MR) is 89.8 cm³/mol. The summed E-state index contributed by atoms with van der Waals surface area (Å²) >= 11 is 0. The molecule has 0 saturated heterocycles. The largest absolute Gasteiger partial charge is 0.508 e. The van der Waals surface area contributed by atoms with Crippen molar-refractivity contribution in [1.82, 2.24) is 0 Å². The third kappa shape index (κ3) is 3.28. The van der Waals surface area contributed by atoms with Gasteiger partial charge in [0, 0.05) is 18.4 Å². The summed E-state index contributed by atoms with van der Waals surface area (Å²) in [6.45, 7) is 1.45. The minimum absolute atomic E-state index is 0.277. The Kier molecular flexibility index (Phi) is 4.10. The van der Waals surface area contributed by atoms with Crippen LogP contribution < -0.4 is 9.64 Å². The van der Waals surface area contributed by atoms with Gasteiger partial charge < -0.3 is 14.7 Å². The van der Waals surface area contributed by atoms with Gasteiger partial charge in [-0.05, 0) is 53.6 Å². The van der Waals surface area contributed by atoms with Gasteiger partial charge in [0.05, 0.1) is 7.11 Å². The van der Waals surface area contributed by atoms with Gasteiger partial charge in [0.2, 0.25) is 0 Å². The molecule has 0 aliphatic carbocycles. The quantitative estimate of drug-likeness (QED) is 0.944. The Balaban J connectivity index is 1.77. The summed E-state index contributed by atoms with van der Waals surface area (Å²) in [5.74, 6) is 1.13. The number of phenolic OH excluding ortho intramolecular Hbond substituents is 1. The van der Waals surface area contributed by atoms with Crippen LogP contribution in [0.1, 0.15) is 5.56 Å². The minimum atomic E-state index is 0.277. The Morgan fingerprint density at radius 3 is 2.50 bits per heavy atom. The van der Waals surface area contributed by atoms with Crippen molar-refractivity contribution < 1.29 is 9.84 Å². The van der Waals surface area contributed by atoms with Crippen LogP contribution in [0.4, 0.5) is 5.69 Å². The molecule has 4 nitrogen and oxygen atoms in total. The van der Waals surface area contributed by atoms with Crippen molar-refractivity contribution in [2.75, 3.05) is 25.2 Å². The Hall–Kier alpha value is -2.75. The zero-order chi connectivity index (χ0) is 15.4. The van der Waals surface area contributed by atoms with E-state index in [1.165, 1.54) is 0 Å². The second kappa shape index (κ2) is 6.35. The van der Waals surface area contributed by atoms with Crippen LogP contribution in [-0.2, 0) is 0 Å². The van der Waals surface area contributed by atoms with Gasteiger partial charge in [0.25, 0.3) is 0 Å². The number of hydrogen-bond donors (Lipinski definition) is 1. The van der Waals surface area contributed by atoms with Gasteiger partial charge in [-0.3, -0.25) is 4.99 Å². The highest BCUT2D eigenvalue weighted by Gasteiger charge is 2.11. The van der Waals surface area contributed by atoms with Crippen LogP contribution >= 0.6 is 0 Å². The third-order valence-corrected chi connectivity index (χ3v) is 3.57. The summed E-state index contributed by atoms with van der Waals surface area (Å²) in [5.41, 5.74) is 3.30. The van der Waals surface area contributed by atoms with Crippen molar-refractivity contribution >= 4 is 18.0 Å². The van der Waals surface area contributed by atoms with Gasteiger partial charge in [-0.2, -0.15) is 0 Å². The van der Waals surface area contributed by atoms with E-state index in [0.717, 1.165) is 29.1 Å². The Bertz CT molecular complexity index is 688. The number of nitrogens with zero attached hydrogens (tertiary/aromatic N) is 2.